The van der Waals surface area contributed by atoms with Gasteiger partial charge in [-0.1, -0.05) is 0 Å². The van der Waals surface area contributed by atoms with E-state index >= 15 is 0 Å². The average molecular weight is 294 g/mol. The van der Waals surface area contributed by atoms with Gasteiger partial charge in [0.25, 0.3) is 0 Å². The fraction of sp³-hybridized carbons (Fsp3) is 0.923. The van der Waals surface area contributed by atoms with Gasteiger partial charge in [0.05, 0.1) is 12.1 Å². The molecule has 0 spiro atoms. The van der Waals surface area contributed by atoms with Gasteiger partial charge in [0.15, 0.2) is 0 Å². The van der Waals surface area contributed by atoms with Crippen LogP contribution in [-0.2, 0) is 9.53 Å². The number of hydrogen-bond donors (Lipinski definition) is 2. The fourth-order valence-electron chi connectivity index (χ4n) is 2.85. The summed E-state index contributed by atoms with van der Waals surface area (Å²) in [7, 11) is 0. The maximum Gasteiger partial charge on any atom is 0.411 e. The summed E-state index contributed by atoms with van der Waals surface area (Å²) in [6.07, 6.45) is -0.197. The van der Waals surface area contributed by atoms with Crippen molar-refractivity contribution in [1.82, 2.24) is 10.6 Å². The number of hydrogen-bond acceptors (Lipinski definition) is 3. The number of ether oxygens (including phenoxy) is 1. The van der Waals surface area contributed by atoms with Gasteiger partial charge in [-0.2, -0.15) is 13.2 Å². The number of amides is 1. The van der Waals surface area contributed by atoms with Gasteiger partial charge in [0.2, 0.25) is 5.91 Å². The van der Waals surface area contributed by atoms with E-state index < -0.39 is 18.9 Å². The smallest absolute Gasteiger partial charge is 0.369 e. The van der Waals surface area contributed by atoms with Crippen molar-refractivity contribution in [1.29, 1.82) is 0 Å². The van der Waals surface area contributed by atoms with Gasteiger partial charge < -0.3 is 15.4 Å². The number of halogens is 3. The monoisotopic (exact) mass is 294 g/mol. The van der Waals surface area contributed by atoms with E-state index in [1.165, 1.54) is 0 Å². The van der Waals surface area contributed by atoms with E-state index in [9.17, 15) is 18.0 Å². The standard InChI is InChI=1S/C13H21F3N2O2/c14-13(15,16)8-20-10-4-1-3-9(7-10)18-12(19)11-5-2-6-17-11/h9-11,17H,1-8H2,(H,18,19)/t9?,10?,11-/m0/s1. The van der Waals surface area contributed by atoms with E-state index in [2.05, 4.69) is 10.6 Å². The molecule has 1 aliphatic heterocycles. The van der Waals surface area contributed by atoms with Gasteiger partial charge in [-0.05, 0) is 45.1 Å². The van der Waals surface area contributed by atoms with E-state index in [0.717, 1.165) is 32.2 Å². The van der Waals surface area contributed by atoms with Crippen LogP contribution in [0.1, 0.15) is 38.5 Å². The zero-order valence-electron chi connectivity index (χ0n) is 11.3. The van der Waals surface area contributed by atoms with Crippen molar-refractivity contribution in [3.63, 3.8) is 0 Å². The Morgan fingerprint density at radius 1 is 1.25 bits per heavy atom. The minimum atomic E-state index is -4.29. The summed E-state index contributed by atoms with van der Waals surface area (Å²) >= 11 is 0. The summed E-state index contributed by atoms with van der Waals surface area (Å²) in [4.78, 5) is 11.9. The van der Waals surface area contributed by atoms with E-state index in [0.29, 0.717) is 12.8 Å². The van der Waals surface area contributed by atoms with E-state index in [-0.39, 0.29) is 18.0 Å². The molecule has 3 atom stereocenters. The molecule has 1 amide bonds. The van der Waals surface area contributed by atoms with Gasteiger partial charge in [-0.3, -0.25) is 4.79 Å². The van der Waals surface area contributed by atoms with Crippen LogP contribution < -0.4 is 10.6 Å². The lowest BCUT2D eigenvalue weighted by molar-refractivity contribution is -0.188. The van der Waals surface area contributed by atoms with Crippen LogP contribution in [0, 0.1) is 0 Å². The molecule has 0 bridgehead atoms. The molecule has 1 aliphatic carbocycles. The molecule has 2 fully saturated rings. The summed E-state index contributed by atoms with van der Waals surface area (Å²) < 4.78 is 41.3. The van der Waals surface area contributed by atoms with Crippen LogP contribution in [0.3, 0.4) is 0 Å². The van der Waals surface area contributed by atoms with E-state index in [1.54, 1.807) is 0 Å². The Labute approximate surface area is 116 Å². The zero-order valence-corrected chi connectivity index (χ0v) is 11.3. The third kappa shape index (κ3) is 4.94. The first-order valence-corrected chi connectivity index (χ1v) is 7.16. The highest BCUT2D eigenvalue weighted by Crippen LogP contribution is 2.24. The van der Waals surface area contributed by atoms with Crippen molar-refractivity contribution in [2.24, 2.45) is 0 Å². The lowest BCUT2D eigenvalue weighted by atomic mass is 9.92. The van der Waals surface area contributed by atoms with Gasteiger partial charge in [-0.15, -0.1) is 0 Å². The SMILES string of the molecule is O=C(NC1CCCC(OCC(F)(F)F)C1)[C@@H]1CCCN1. The first-order chi connectivity index (χ1) is 9.44. The molecule has 2 rings (SSSR count). The zero-order chi connectivity index (χ0) is 14.6. The molecule has 7 heteroatoms. The van der Waals surface area contributed by atoms with E-state index in [4.69, 9.17) is 4.74 Å². The van der Waals surface area contributed by atoms with E-state index in [1.807, 2.05) is 0 Å². The lowest BCUT2D eigenvalue weighted by Crippen LogP contribution is -2.47. The van der Waals surface area contributed by atoms with Crippen LogP contribution in [0.2, 0.25) is 0 Å². The summed E-state index contributed by atoms with van der Waals surface area (Å²) in [5, 5.41) is 6.04. The Kier molecular flexibility index (Phi) is 5.26. The normalized spacial score (nSPS) is 31.2. The summed E-state index contributed by atoms with van der Waals surface area (Å²) in [6.45, 7) is -0.359. The van der Waals surface area contributed by atoms with Gasteiger partial charge in [-0.25, -0.2) is 0 Å². The van der Waals surface area contributed by atoms with Gasteiger partial charge in [0.1, 0.15) is 6.61 Å². The molecular formula is C13H21F3N2O2. The number of alkyl halides is 3. The maximum absolute atomic E-state index is 12.1. The van der Waals surface area contributed by atoms with Gasteiger partial charge in [0, 0.05) is 6.04 Å². The predicted molar refractivity (Wildman–Crippen MR) is 67.2 cm³/mol. The molecule has 4 nitrogen and oxygen atoms in total. The predicted octanol–water partition coefficient (Wildman–Crippen LogP) is 1.74. The van der Waals surface area contributed by atoms with Crippen molar-refractivity contribution in [2.75, 3.05) is 13.2 Å². The second kappa shape index (κ2) is 6.76. The molecule has 20 heavy (non-hydrogen) atoms. The highest BCUT2D eigenvalue weighted by molar-refractivity contribution is 5.82. The molecular weight excluding hydrogens is 273 g/mol. The molecule has 0 radical (unpaired) electrons. The summed E-state index contributed by atoms with van der Waals surface area (Å²) in [5.74, 6) is -0.0380. The Bertz CT molecular complexity index is 330. The fourth-order valence-corrected chi connectivity index (χ4v) is 2.85. The molecule has 2 aliphatic rings. The maximum atomic E-state index is 12.1. The molecule has 0 aromatic rings. The van der Waals surface area contributed by atoms with Crippen LogP contribution in [0.25, 0.3) is 0 Å². The van der Waals surface area contributed by atoms with Crippen molar-refractivity contribution < 1.29 is 22.7 Å². The number of rotatable bonds is 4. The molecule has 116 valence electrons. The van der Waals surface area contributed by atoms with Crippen molar-refractivity contribution in [2.45, 2.75) is 62.9 Å². The molecule has 2 unspecified atom stereocenters. The summed E-state index contributed by atoms with van der Waals surface area (Å²) in [6, 6.07) is -0.219. The number of nitrogens with one attached hydrogen (secondary N) is 2. The summed E-state index contributed by atoms with van der Waals surface area (Å²) in [5.41, 5.74) is 0. The molecule has 1 saturated heterocycles. The third-order valence-corrected chi connectivity index (χ3v) is 3.83. The highest BCUT2D eigenvalue weighted by atomic mass is 19.4. The molecule has 2 N–H and O–H groups in total. The first-order valence-electron chi connectivity index (χ1n) is 7.16. The Balaban J connectivity index is 1.73. The molecule has 1 heterocycles. The largest absolute Gasteiger partial charge is 0.411 e. The second-order valence-electron chi connectivity index (χ2n) is 5.57. The average Bonchev–Trinajstić information content (AvgIpc) is 2.90. The van der Waals surface area contributed by atoms with Crippen LogP contribution in [0.15, 0.2) is 0 Å². The van der Waals surface area contributed by atoms with Crippen molar-refractivity contribution >= 4 is 5.91 Å². The number of carbonyl (C=O) groups is 1. The van der Waals surface area contributed by atoms with Crippen molar-refractivity contribution in [3.8, 4) is 0 Å². The Hall–Kier alpha value is -0.820. The second-order valence-corrected chi connectivity index (χ2v) is 5.57. The van der Waals surface area contributed by atoms with Crippen LogP contribution in [0.5, 0.6) is 0 Å². The highest BCUT2D eigenvalue weighted by Gasteiger charge is 2.32. The molecule has 1 saturated carbocycles. The Morgan fingerprint density at radius 2 is 2.05 bits per heavy atom. The number of carbonyl (C=O) groups excluding carboxylic acids is 1. The minimum absolute atomic E-state index is 0.0380. The third-order valence-electron chi connectivity index (χ3n) is 3.83. The van der Waals surface area contributed by atoms with Gasteiger partial charge >= 0.3 is 6.18 Å². The topological polar surface area (TPSA) is 50.4 Å². The van der Waals surface area contributed by atoms with Crippen LogP contribution in [0.4, 0.5) is 13.2 Å². The minimum Gasteiger partial charge on any atom is -0.369 e. The molecule has 0 aromatic heterocycles. The van der Waals surface area contributed by atoms with Crippen LogP contribution >= 0.6 is 0 Å². The quantitative estimate of drug-likeness (QED) is 0.830. The molecule has 0 aromatic carbocycles. The Morgan fingerprint density at radius 3 is 2.70 bits per heavy atom. The lowest BCUT2D eigenvalue weighted by Gasteiger charge is -2.30. The van der Waals surface area contributed by atoms with Crippen molar-refractivity contribution in [3.05, 3.63) is 0 Å². The van der Waals surface area contributed by atoms with Crippen LogP contribution in [-0.4, -0.2) is 43.4 Å². The first kappa shape index (κ1) is 15.6.